The summed E-state index contributed by atoms with van der Waals surface area (Å²) in [6, 6.07) is 9.32. The Balaban J connectivity index is 1.82. The average molecular weight is 353 g/mol. The summed E-state index contributed by atoms with van der Waals surface area (Å²) in [5.74, 6) is 0.974. The van der Waals surface area contributed by atoms with Crippen LogP contribution in [0.4, 0.5) is 5.13 Å². The van der Waals surface area contributed by atoms with E-state index in [2.05, 4.69) is 16.4 Å². The quantitative estimate of drug-likeness (QED) is 0.748. The van der Waals surface area contributed by atoms with Crippen LogP contribution in [0.1, 0.15) is 21.7 Å². The van der Waals surface area contributed by atoms with Crippen molar-refractivity contribution in [1.82, 2.24) is 4.98 Å². The predicted octanol–water partition coefficient (Wildman–Crippen LogP) is 4.04. The number of ether oxygens (including phenoxy) is 1. The molecule has 0 aliphatic carbocycles. The van der Waals surface area contributed by atoms with Crippen molar-refractivity contribution in [2.45, 2.75) is 13.3 Å². The van der Waals surface area contributed by atoms with E-state index in [1.165, 1.54) is 17.6 Å². The summed E-state index contributed by atoms with van der Waals surface area (Å²) in [6.07, 6.45) is 1.73. The van der Waals surface area contributed by atoms with Gasteiger partial charge in [0.25, 0.3) is 5.91 Å². The highest BCUT2D eigenvalue weighted by molar-refractivity contribution is 7.14. The van der Waals surface area contributed by atoms with Crippen molar-refractivity contribution in [3.8, 4) is 23.1 Å². The van der Waals surface area contributed by atoms with Crippen molar-refractivity contribution in [3.63, 3.8) is 0 Å². The number of nitriles is 1. The third kappa shape index (κ3) is 3.54. The fourth-order valence-electron chi connectivity index (χ4n) is 2.41. The molecule has 2 aromatic heterocycles. The molecule has 25 heavy (non-hydrogen) atoms. The number of carbonyl (C=O) groups excluding carboxylic acids is 1. The van der Waals surface area contributed by atoms with Gasteiger partial charge in [0, 0.05) is 16.5 Å². The van der Waals surface area contributed by atoms with Gasteiger partial charge >= 0.3 is 0 Å². The number of hydrogen-bond acceptors (Lipinski definition) is 6. The van der Waals surface area contributed by atoms with E-state index < -0.39 is 0 Å². The van der Waals surface area contributed by atoms with Gasteiger partial charge in [-0.25, -0.2) is 4.98 Å². The van der Waals surface area contributed by atoms with Gasteiger partial charge in [0.2, 0.25) is 0 Å². The van der Waals surface area contributed by atoms with Gasteiger partial charge in [-0.15, -0.1) is 11.3 Å². The van der Waals surface area contributed by atoms with Crippen molar-refractivity contribution in [3.05, 3.63) is 52.8 Å². The molecule has 0 aliphatic heterocycles. The standard InChI is InChI=1S/C18H15N3O3S/c1-11-14(6-8-24-11)17(22)21-18-20-15(10-25-18)12-3-4-16(23-2)13(9-12)5-7-19/h3-4,6,8-10H,5H2,1-2H3,(H,20,21,22). The number of aryl methyl sites for hydroxylation is 1. The molecular weight excluding hydrogens is 338 g/mol. The predicted molar refractivity (Wildman–Crippen MR) is 94.8 cm³/mol. The normalized spacial score (nSPS) is 10.3. The highest BCUT2D eigenvalue weighted by Crippen LogP contribution is 2.29. The summed E-state index contributed by atoms with van der Waals surface area (Å²) in [5, 5.41) is 14.1. The molecule has 7 heteroatoms. The number of carbonyl (C=O) groups is 1. The lowest BCUT2D eigenvalue weighted by atomic mass is 10.1. The third-order valence-electron chi connectivity index (χ3n) is 3.67. The first kappa shape index (κ1) is 16.7. The number of methoxy groups -OCH3 is 1. The van der Waals surface area contributed by atoms with Crippen LogP contribution in [0.25, 0.3) is 11.3 Å². The zero-order chi connectivity index (χ0) is 17.8. The van der Waals surface area contributed by atoms with E-state index in [-0.39, 0.29) is 12.3 Å². The molecule has 1 N–H and O–H groups in total. The maximum absolute atomic E-state index is 12.2. The molecule has 3 rings (SSSR count). The fraction of sp³-hybridized carbons (Fsp3) is 0.167. The second-order valence-corrected chi connectivity index (χ2v) is 6.10. The van der Waals surface area contributed by atoms with Crippen LogP contribution in [0.15, 0.2) is 40.3 Å². The van der Waals surface area contributed by atoms with E-state index in [4.69, 9.17) is 14.4 Å². The van der Waals surface area contributed by atoms with E-state index in [0.717, 1.165) is 16.8 Å². The second kappa shape index (κ2) is 7.20. The Morgan fingerprint density at radius 1 is 1.44 bits per heavy atom. The van der Waals surface area contributed by atoms with Crippen LogP contribution >= 0.6 is 11.3 Å². The first-order valence-corrected chi connectivity index (χ1v) is 8.35. The summed E-state index contributed by atoms with van der Waals surface area (Å²) in [6.45, 7) is 1.73. The fourth-order valence-corrected chi connectivity index (χ4v) is 3.12. The van der Waals surface area contributed by atoms with Gasteiger partial charge in [0.05, 0.1) is 37.1 Å². The average Bonchev–Trinajstić information content (AvgIpc) is 3.24. The van der Waals surface area contributed by atoms with Crippen molar-refractivity contribution in [1.29, 1.82) is 5.26 Å². The Morgan fingerprint density at radius 3 is 2.96 bits per heavy atom. The van der Waals surface area contributed by atoms with Crippen molar-refractivity contribution in [2.24, 2.45) is 0 Å². The molecule has 126 valence electrons. The van der Waals surface area contributed by atoms with Gasteiger partial charge in [-0.3, -0.25) is 10.1 Å². The lowest BCUT2D eigenvalue weighted by Gasteiger charge is -2.07. The van der Waals surface area contributed by atoms with Crippen LogP contribution in [-0.4, -0.2) is 18.0 Å². The molecule has 0 atom stereocenters. The highest BCUT2D eigenvalue weighted by Gasteiger charge is 2.14. The molecule has 2 heterocycles. The summed E-state index contributed by atoms with van der Waals surface area (Å²) in [4.78, 5) is 16.7. The van der Waals surface area contributed by atoms with Crippen molar-refractivity contribution >= 4 is 22.4 Å². The summed E-state index contributed by atoms with van der Waals surface area (Å²) in [7, 11) is 1.57. The minimum atomic E-state index is -0.257. The number of anilines is 1. The Bertz CT molecular complexity index is 953. The van der Waals surface area contributed by atoms with E-state index in [1.54, 1.807) is 20.1 Å². The third-order valence-corrected chi connectivity index (χ3v) is 4.43. The molecule has 0 aliphatic rings. The number of benzene rings is 1. The zero-order valence-electron chi connectivity index (χ0n) is 13.7. The summed E-state index contributed by atoms with van der Waals surface area (Å²) < 4.78 is 10.4. The number of nitrogens with zero attached hydrogens (tertiary/aromatic N) is 2. The number of amides is 1. The zero-order valence-corrected chi connectivity index (χ0v) is 14.5. The van der Waals surface area contributed by atoms with Crippen molar-refractivity contribution < 1.29 is 13.9 Å². The topological polar surface area (TPSA) is 88.2 Å². The van der Waals surface area contributed by atoms with E-state index in [9.17, 15) is 4.79 Å². The van der Waals surface area contributed by atoms with Gasteiger partial charge in [0.15, 0.2) is 5.13 Å². The first-order valence-electron chi connectivity index (χ1n) is 7.47. The van der Waals surface area contributed by atoms with Crippen LogP contribution in [-0.2, 0) is 6.42 Å². The van der Waals surface area contributed by atoms with Gasteiger partial charge in [0.1, 0.15) is 11.5 Å². The van der Waals surface area contributed by atoms with Gasteiger partial charge in [-0.1, -0.05) is 0 Å². The SMILES string of the molecule is COc1ccc(-c2csc(NC(=O)c3ccoc3C)n2)cc1CC#N. The molecule has 3 aromatic rings. The van der Waals surface area contributed by atoms with Gasteiger partial charge in [-0.05, 0) is 31.2 Å². The molecule has 0 saturated carbocycles. The monoisotopic (exact) mass is 353 g/mol. The van der Waals surface area contributed by atoms with Crippen molar-refractivity contribution in [2.75, 3.05) is 12.4 Å². The first-order chi connectivity index (χ1) is 12.1. The molecule has 0 saturated heterocycles. The Labute approximate surface area is 148 Å². The molecule has 0 spiro atoms. The second-order valence-electron chi connectivity index (χ2n) is 5.24. The lowest BCUT2D eigenvalue weighted by Crippen LogP contribution is -2.11. The van der Waals surface area contributed by atoms with E-state index in [1.807, 2.05) is 23.6 Å². The molecule has 0 unspecified atom stereocenters. The van der Waals surface area contributed by atoms with Gasteiger partial charge < -0.3 is 9.15 Å². The number of nitrogens with one attached hydrogen (secondary N) is 1. The van der Waals surface area contributed by atoms with Crippen LogP contribution in [0.5, 0.6) is 5.75 Å². The Kier molecular flexibility index (Phi) is 4.82. The number of hydrogen-bond donors (Lipinski definition) is 1. The minimum Gasteiger partial charge on any atom is -0.496 e. The molecule has 0 bridgehead atoms. The van der Waals surface area contributed by atoms with Gasteiger partial charge in [-0.2, -0.15) is 5.26 Å². The van der Waals surface area contributed by atoms with E-state index >= 15 is 0 Å². The Hall–Kier alpha value is -3.11. The molecular formula is C18H15N3O3S. The largest absolute Gasteiger partial charge is 0.496 e. The smallest absolute Gasteiger partial charge is 0.260 e. The maximum Gasteiger partial charge on any atom is 0.260 e. The molecule has 1 aromatic carbocycles. The molecule has 0 radical (unpaired) electrons. The lowest BCUT2D eigenvalue weighted by molar-refractivity contribution is 0.102. The number of aromatic nitrogens is 1. The molecule has 0 fully saturated rings. The van der Waals surface area contributed by atoms with Crippen LogP contribution in [0.2, 0.25) is 0 Å². The van der Waals surface area contributed by atoms with Crippen LogP contribution < -0.4 is 10.1 Å². The minimum absolute atomic E-state index is 0.254. The summed E-state index contributed by atoms with van der Waals surface area (Å²) in [5.41, 5.74) is 2.88. The maximum atomic E-state index is 12.2. The summed E-state index contributed by atoms with van der Waals surface area (Å²) >= 11 is 1.34. The molecule has 1 amide bonds. The number of rotatable bonds is 5. The molecule has 6 nitrogen and oxygen atoms in total. The number of thiazole rings is 1. The Morgan fingerprint density at radius 2 is 2.28 bits per heavy atom. The number of furan rings is 1. The highest BCUT2D eigenvalue weighted by atomic mass is 32.1. The van der Waals surface area contributed by atoms with Crippen LogP contribution in [0, 0.1) is 18.3 Å². The van der Waals surface area contributed by atoms with Crippen LogP contribution in [0.3, 0.4) is 0 Å². The van der Waals surface area contributed by atoms with E-state index in [0.29, 0.717) is 22.2 Å².